The zero-order chi connectivity index (χ0) is 13.7. The lowest BCUT2D eigenvalue weighted by Crippen LogP contribution is -2.42. The van der Waals surface area contributed by atoms with Crippen molar-refractivity contribution >= 4 is 27.4 Å². The third-order valence-electron chi connectivity index (χ3n) is 4.44. The summed E-state index contributed by atoms with van der Waals surface area (Å²) >= 11 is 3.45. The first-order valence-electron chi connectivity index (χ1n) is 7.03. The molecule has 4 rings (SSSR count). The molecule has 0 unspecified atom stereocenters. The highest BCUT2D eigenvalue weighted by atomic mass is 79.9. The number of hydrogen-bond acceptors (Lipinski definition) is 2. The maximum atomic E-state index is 12.4. The van der Waals surface area contributed by atoms with Gasteiger partial charge in [0.25, 0.3) is 5.91 Å². The predicted octanol–water partition coefficient (Wildman–Crippen LogP) is 2.32. The summed E-state index contributed by atoms with van der Waals surface area (Å²) in [5.74, 6) is 0.0316. The average Bonchev–Trinajstić information content (AvgIpc) is 3.10. The molecule has 0 spiro atoms. The van der Waals surface area contributed by atoms with Gasteiger partial charge in [0.15, 0.2) is 0 Å². The number of nitrogens with zero attached hydrogens (tertiary/aromatic N) is 1. The molecule has 0 aromatic carbocycles. The SMILES string of the molecule is O=C(N[C@@H]1C[C@H]2CC[C@@H]1N2)c1ccn2cc(Br)cc2c1. The maximum absolute atomic E-state index is 12.4. The number of carbonyl (C=O) groups excluding carboxylic acids is 1. The van der Waals surface area contributed by atoms with E-state index in [-0.39, 0.29) is 11.9 Å². The Morgan fingerprint density at radius 3 is 3.05 bits per heavy atom. The topological polar surface area (TPSA) is 45.5 Å². The van der Waals surface area contributed by atoms with Gasteiger partial charge in [-0.1, -0.05) is 0 Å². The van der Waals surface area contributed by atoms with E-state index >= 15 is 0 Å². The minimum Gasteiger partial charge on any atom is -0.348 e. The Morgan fingerprint density at radius 2 is 2.30 bits per heavy atom. The number of aromatic nitrogens is 1. The largest absolute Gasteiger partial charge is 0.348 e. The van der Waals surface area contributed by atoms with E-state index in [1.165, 1.54) is 12.8 Å². The van der Waals surface area contributed by atoms with Gasteiger partial charge in [-0.25, -0.2) is 0 Å². The Balaban J connectivity index is 1.54. The Labute approximate surface area is 125 Å². The summed E-state index contributed by atoms with van der Waals surface area (Å²) < 4.78 is 3.02. The standard InChI is InChI=1S/C15H16BrN3O/c16-10-6-12-5-9(3-4-19(12)8-10)15(20)18-14-7-11-1-2-13(14)17-11/h3-6,8,11,13-14,17H,1-2,7H2,(H,18,20)/t11-,13+,14-/m1/s1. The van der Waals surface area contributed by atoms with Crippen molar-refractivity contribution in [3.63, 3.8) is 0 Å². The number of pyridine rings is 1. The minimum atomic E-state index is 0.0316. The van der Waals surface area contributed by atoms with Crippen LogP contribution in [0.4, 0.5) is 0 Å². The van der Waals surface area contributed by atoms with E-state index in [1.54, 1.807) is 0 Å². The van der Waals surface area contributed by atoms with Crippen LogP contribution in [0.15, 0.2) is 35.1 Å². The van der Waals surface area contributed by atoms with Crippen molar-refractivity contribution in [2.45, 2.75) is 37.4 Å². The fourth-order valence-electron chi connectivity index (χ4n) is 3.45. The highest BCUT2D eigenvalue weighted by Crippen LogP contribution is 2.28. The second kappa shape index (κ2) is 4.60. The summed E-state index contributed by atoms with van der Waals surface area (Å²) in [5.41, 5.74) is 1.75. The van der Waals surface area contributed by atoms with Crippen molar-refractivity contribution in [1.82, 2.24) is 15.0 Å². The Kier molecular flexibility index (Phi) is 2.86. The molecular weight excluding hydrogens is 318 g/mol. The molecule has 3 atom stereocenters. The fraction of sp³-hybridized carbons (Fsp3) is 0.400. The number of hydrogen-bond donors (Lipinski definition) is 2. The van der Waals surface area contributed by atoms with Crippen LogP contribution >= 0.6 is 15.9 Å². The van der Waals surface area contributed by atoms with E-state index < -0.39 is 0 Å². The van der Waals surface area contributed by atoms with Crippen molar-refractivity contribution in [2.75, 3.05) is 0 Å². The minimum absolute atomic E-state index is 0.0316. The van der Waals surface area contributed by atoms with E-state index in [1.807, 2.05) is 35.0 Å². The van der Waals surface area contributed by atoms with E-state index in [0.29, 0.717) is 12.1 Å². The van der Waals surface area contributed by atoms with Gasteiger partial charge in [-0.15, -0.1) is 0 Å². The molecule has 0 radical (unpaired) electrons. The molecule has 2 saturated heterocycles. The third-order valence-corrected chi connectivity index (χ3v) is 4.88. The first kappa shape index (κ1) is 12.4. The van der Waals surface area contributed by atoms with Gasteiger partial charge in [0.05, 0.1) is 0 Å². The molecule has 1 amide bonds. The zero-order valence-electron chi connectivity index (χ0n) is 11.0. The second-order valence-electron chi connectivity index (χ2n) is 5.77. The lowest BCUT2D eigenvalue weighted by atomic mass is 9.95. The molecule has 2 aromatic rings. The lowest BCUT2D eigenvalue weighted by Gasteiger charge is -2.21. The van der Waals surface area contributed by atoms with Gasteiger partial charge in [0.2, 0.25) is 0 Å². The number of halogens is 1. The predicted molar refractivity (Wildman–Crippen MR) is 80.9 cm³/mol. The monoisotopic (exact) mass is 333 g/mol. The molecule has 20 heavy (non-hydrogen) atoms. The smallest absolute Gasteiger partial charge is 0.251 e. The molecular formula is C15H16BrN3O. The Morgan fingerprint density at radius 1 is 1.40 bits per heavy atom. The van der Waals surface area contributed by atoms with Gasteiger partial charge in [-0.3, -0.25) is 4.79 Å². The Bertz CT molecular complexity index is 681. The van der Waals surface area contributed by atoms with Crippen LogP contribution in [0.2, 0.25) is 0 Å². The quantitative estimate of drug-likeness (QED) is 0.885. The number of carbonyl (C=O) groups is 1. The van der Waals surface area contributed by atoms with Gasteiger partial charge in [-0.05, 0) is 53.4 Å². The highest BCUT2D eigenvalue weighted by molar-refractivity contribution is 9.10. The van der Waals surface area contributed by atoms with Crippen molar-refractivity contribution < 1.29 is 4.79 Å². The normalized spacial score (nSPS) is 28.1. The van der Waals surface area contributed by atoms with Gasteiger partial charge >= 0.3 is 0 Å². The Hall–Kier alpha value is -1.33. The van der Waals surface area contributed by atoms with Crippen molar-refractivity contribution in [3.8, 4) is 0 Å². The summed E-state index contributed by atoms with van der Waals surface area (Å²) in [7, 11) is 0. The lowest BCUT2D eigenvalue weighted by molar-refractivity contribution is 0.0931. The van der Waals surface area contributed by atoms with Crippen molar-refractivity contribution in [2.24, 2.45) is 0 Å². The highest BCUT2D eigenvalue weighted by Gasteiger charge is 2.39. The number of amides is 1. The van der Waals surface area contributed by atoms with Crippen LogP contribution in [0.5, 0.6) is 0 Å². The van der Waals surface area contributed by atoms with Gasteiger partial charge in [0, 0.05) is 46.1 Å². The molecule has 4 heterocycles. The molecule has 2 aliphatic heterocycles. The van der Waals surface area contributed by atoms with Crippen LogP contribution in [-0.2, 0) is 0 Å². The van der Waals surface area contributed by atoms with E-state index in [2.05, 4.69) is 26.6 Å². The van der Waals surface area contributed by atoms with Crippen molar-refractivity contribution in [1.29, 1.82) is 0 Å². The number of fused-ring (bicyclic) bond motifs is 3. The van der Waals surface area contributed by atoms with Crippen LogP contribution in [0.3, 0.4) is 0 Å². The molecule has 2 aliphatic rings. The van der Waals surface area contributed by atoms with Crippen molar-refractivity contribution in [3.05, 3.63) is 40.6 Å². The van der Waals surface area contributed by atoms with E-state index in [4.69, 9.17) is 0 Å². The summed E-state index contributed by atoms with van der Waals surface area (Å²) in [5, 5.41) is 6.72. The third kappa shape index (κ3) is 2.05. The molecule has 2 aromatic heterocycles. The molecule has 2 N–H and O–H groups in total. The number of nitrogens with one attached hydrogen (secondary N) is 2. The molecule has 2 fully saturated rings. The van der Waals surface area contributed by atoms with Crippen LogP contribution < -0.4 is 10.6 Å². The maximum Gasteiger partial charge on any atom is 0.251 e. The average molecular weight is 334 g/mol. The number of rotatable bonds is 2. The first-order valence-corrected chi connectivity index (χ1v) is 7.82. The van der Waals surface area contributed by atoms with Crippen LogP contribution in [0.1, 0.15) is 29.6 Å². The summed E-state index contributed by atoms with van der Waals surface area (Å²) in [6.07, 6.45) is 7.40. The second-order valence-corrected chi connectivity index (χ2v) is 6.68. The van der Waals surface area contributed by atoms with Gasteiger partial charge in [0.1, 0.15) is 0 Å². The zero-order valence-corrected chi connectivity index (χ0v) is 12.6. The van der Waals surface area contributed by atoms with Crippen LogP contribution in [0, 0.1) is 0 Å². The molecule has 0 saturated carbocycles. The van der Waals surface area contributed by atoms with Gasteiger partial charge < -0.3 is 15.0 Å². The molecule has 104 valence electrons. The van der Waals surface area contributed by atoms with Gasteiger partial charge in [-0.2, -0.15) is 0 Å². The molecule has 5 heteroatoms. The summed E-state index contributed by atoms with van der Waals surface area (Å²) in [6.45, 7) is 0. The first-order chi connectivity index (χ1) is 9.69. The summed E-state index contributed by atoms with van der Waals surface area (Å²) in [4.78, 5) is 12.4. The summed E-state index contributed by atoms with van der Waals surface area (Å²) in [6, 6.07) is 7.17. The van der Waals surface area contributed by atoms with E-state index in [9.17, 15) is 4.79 Å². The molecule has 2 bridgehead atoms. The molecule has 4 nitrogen and oxygen atoms in total. The van der Waals surface area contributed by atoms with E-state index in [0.717, 1.165) is 22.0 Å². The van der Waals surface area contributed by atoms with Crippen LogP contribution in [-0.4, -0.2) is 28.4 Å². The molecule has 0 aliphatic carbocycles. The fourth-order valence-corrected chi connectivity index (χ4v) is 3.91. The van der Waals surface area contributed by atoms with Crippen LogP contribution in [0.25, 0.3) is 5.52 Å².